The van der Waals surface area contributed by atoms with Gasteiger partial charge in [0.15, 0.2) is 0 Å². The van der Waals surface area contributed by atoms with Crippen LogP contribution in [0.5, 0.6) is 0 Å². The predicted molar refractivity (Wildman–Crippen MR) is 91.5 cm³/mol. The van der Waals surface area contributed by atoms with Gasteiger partial charge in [0.25, 0.3) is 0 Å². The number of carbonyl (C=O) groups is 1. The average molecular weight is 300 g/mol. The zero-order chi connectivity index (χ0) is 16.5. The zero-order valence-corrected chi connectivity index (χ0v) is 14.4. The van der Waals surface area contributed by atoms with E-state index in [9.17, 15) is 9.90 Å². The second kappa shape index (κ2) is 5.91. The van der Waals surface area contributed by atoms with Gasteiger partial charge >= 0.3 is 5.97 Å². The summed E-state index contributed by atoms with van der Waals surface area (Å²) in [5.74, 6) is -1.20. The third-order valence-electron chi connectivity index (χ3n) is 5.18. The Hall–Kier alpha value is -1.57. The van der Waals surface area contributed by atoms with E-state index in [1.807, 2.05) is 25.1 Å². The fourth-order valence-electron chi connectivity index (χ4n) is 3.47. The molecule has 0 amide bonds. The Labute approximate surface area is 134 Å². The summed E-state index contributed by atoms with van der Waals surface area (Å²) in [6.45, 7) is 11.0. The lowest BCUT2D eigenvalue weighted by Gasteiger charge is -2.42. The van der Waals surface area contributed by atoms with Crippen LogP contribution in [0.25, 0.3) is 0 Å². The molecule has 2 nitrogen and oxygen atoms in total. The molecule has 120 valence electrons. The summed E-state index contributed by atoms with van der Waals surface area (Å²) in [5.41, 5.74) is 3.92. The highest BCUT2D eigenvalue weighted by Gasteiger charge is 2.37. The van der Waals surface area contributed by atoms with Gasteiger partial charge in [0.05, 0.1) is 5.92 Å². The Kier molecular flexibility index (Phi) is 4.51. The minimum absolute atomic E-state index is 0.116. The summed E-state index contributed by atoms with van der Waals surface area (Å²) in [6.07, 6.45) is 6.72. The highest BCUT2D eigenvalue weighted by atomic mass is 16.4. The smallest absolute Gasteiger partial charge is 0.311 e. The van der Waals surface area contributed by atoms with Crippen molar-refractivity contribution in [1.82, 2.24) is 0 Å². The van der Waals surface area contributed by atoms with Crippen molar-refractivity contribution in [2.45, 2.75) is 70.6 Å². The van der Waals surface area contributed by atoms with Crippen LogP contribution in [-0.2, 0) is 15.6 Å². The van der Waals surface area contributed by atoms with Crippen molar-refractivity contribution >= 4 is 5.97 Å². The first-order valence-corrected chi connectivity index (χ1v) is 8.18. The van der Waals surface area contributed by atoms with E-state index in [-0.39, 0.29) is 10.8 Å². The summed E-state index contributed by atoms with van der Waals surface area (Å²) in [4.78, 5) is 11.6. The quantitative estimate of drug-likeness (QED) is 0.779. The first kappa shape index (κ1) is 16.8. The Morgan fingerprint density at radius 2 is 1.77 bits per heavy atom. The zero-order valence-electron chi connectivity index (χ0n) is 14.4. The van der Waals surface area contributed by atoms with E-state index in [1.165, 1.54) is 17.5 Å². The second-order valence-corrected chi connectivity index (χ2v) is 7.77. The fraction of sp³-hybridized carbons (Fsp3) is 0.550. The molecule has 0 spiro atoms. The Morgan fingerprint density at radius 3 is 2.32 bits per heavy atom. The maximum Gasteiger partial charge on any atom is 0.311 e. The van der Waals surface area contributed by atoms with Crippen LogP contribution < -0.4 is 0 Å². The van der Waals surface area contributed by atoms with E-state index in [0.717, 1.165) is 12.0 Å². The molecule has 0 bridgehead atoms. The standard InChI is InChI=1S/C20H28O2/c1-6-7-8-15(18(21)22)14-9-10-16-17(13-14)20(4,5)12-11-19(16,2)3/h6-7,9-10,13,15H,8,11-12H2,1-5H3,(H,21,22)/b7-6+. The average Bonchev–Trinajstić information content (AvgIpc) is 2.44. The molecule has 1 aromatic rings. The Morgan fingerprint density at radius 1 is 1.18 bits per heavy atom. The number of hydrogen-bond donors (Lipinski definition) is 1. The van der Waals surface area contributed by atoms with Crippen LogP contribution in [0.15, 0.2) is 30.4 Å². The molecule has 0 aromatic heterocycles. The molecule has 0 fully saturated rings. The van der Waals surface area contributed by atoms with Crippen LogP contribution in [0.2, 0.25) is 0 Å². The Bertz CT molecular complexity index is 594. The lowest BCUT2D eigenvalue weighted by Crippen LogP contribution is -2.34. The summed E-state index contributed by atoms with van der Waals surface area (Å²) < 4.78 is 0. The molecule has 22 heavy (non-hydrogen) atoms. The summed E-state index contributed by atoms with van der Waals surface area (Å²) in [5, 5.41) is 9.56. The molecule has 1 unspecified atom stereocenters. The van der Waals surface area contributed by atoms with Gasteiger partial charge in [-0.1, -0.05) is 58.0 Å². The van der Waals surface area contributed by atoms with Crippen molar-refractivity contribution in [3.8, 4) is 0 Å². The number of carboxylic acids is 1. The van der Waals surface area contributed by atoms with Crippen LogP contribution >= 0.6 is 0 Å². The lowest BCUT2D eigenvalue weighted by atomic mass is 9.62. The van der Waals surface area contributed by atoms with Crippen molar-refractivity contribution in [3.05, 3.63) is 47.0 Å². The maximum absolute atomic E-state index is 11.6. The minimum atomic E-state index is -0.745. The predicted octanol–water partition coefficient (Wildman–Crippen LogP) is 5.17. The van der Waals surface area contributed by atoms with Crippen LogP contribution in [0.4, 0.5) is 0 Å². The molecule has 2 heteroatoms. The number of rotatable bonds is 4. The van der Waals surface area contributed by atoms with Crippen LogP contribution in [0.1, 0.15) is 76.5 Å². The highest BCUT2D eigenvalue weighted by molar-refractivity contribution is 5.76. The van der Waals surface area contributed by atoms with Crippen LogP contribution in [0, 0.1) is 0 Å². The van der Waals surface area contributed by atoms with Crippen molar-refractivity contribution in [2.75, 3.05) is 0 Å². The molecule has 2 rings (SSSR count). The summed E-state index contributed by atoms with van der Waals surface area (Å²) >= 11 is 0. The number of allylic oxidation sites excluding steroid dienone is 2. The molecule has 0 saturated carbocycles. The van der Waals surface area contributed by atoms with Gasteiger partial charge in [0.1, 0.15) is 0 Å². The fourth-order valence-corrected chi connectivity index (χ4v) is 3.47. The van der Waals surface area contributed by atoms with Gasteiger partial charge < -0.3 is 5.11 Å². The van der Waals surface area contributed by atoms with Gasteiger partial charge in [-0.2, -0.15) is 0 Å². The molecule has 0 heterocycles. The highest BCUT2D eigenvalue weighted by Crippen LogP contribution is 2.46. The third kappa shape index (κ3) is 3.11. The van der Waals surface area contributed by atoms with E-state index in [1.54, 1.807) is 0 Å². The van der Waals surface area contributed by atoms with Gasteiger partial charge in [-0.25, -0.2) is 0 Å². The first-order chi connectivity index (χ1) is 10.2. The van der Waals surface area contributed by atoms with Gasteiger partial charge in [-0.15, -0.1) is 0 Å². The van der Waals surface area contributed by atoms with Gasteiger partial charge in [0, 0.05) is 0 Å². The largest absolute Gasteiger partial charge is 0.481 e. The van der Waals surface area contributed by atoms with Gasteiger partial charge in [0.2, 0.25) is 0 Å². The number of fused-ring (bicyclic) bond motifs is 1. The number of carboxylic acid groups (broad SMARTS) is 1. The molecule has 0 saturated heterocycles. The SMILES string of the molecule is C/C=C/CC(C(=O)O)c1ccc2c(c1)C(C)(C)CCC2(C)C. The normalized spacial score (nSPS) is 20.6. The van der Waals surface area contributed by atoms with E-state index in [4.69, 9.17) is 0 Å². The number of aliphatic carboxylic acids is 1. The molecular formula is C20H28O2. The van der Waals surface area contributed by atoms with Crippen molar-refractivity contribution in [3.63, 3.8) is 0 Å². The minimum Gasteiger partial charge on any atom is -0.481 e. The number of benzene rings is 1. The van der Waals surface area contributed by atoms with E-state index >= 15 is 0 Å². The van der Waals surface area contributed by atoms with E-state index in [2.05, 4.69) is 39.8 Å². The molecule has 0 radical (unpaired) electrons. The molecule has 1 aliphatic rings. The topological polar surface area (TPSA) is 37.3 Å². The lowest BCUT2D eigenvalue weighted by molar-refractivity contribution is -0.138. The summed E-state index contributed by atoms with van der Waals surface area (Å²) in [6, 6.07) is 6.33. The molecule has 0 aliphatic heterocycles. The maximum atomic E-state index is 11.6. The Balaban J connectivity index is 2.51. The summed E-state index contributed by atoms with van der Waals surface area (Å²) in [7, 11) is 0. The second-order valence-electron chi connectivity index (χ2n) is 7.77. The van der Waals surface area contributed by atoms with Crippen molar-refractivity contribution in [1.29, 1.82) is 0 Å². The molecule has 1 aromatic carbocycles. The molecular weight excluding hydrogens is 272 g/mol. The monoisotopic (exact) mass is 300 g/mol. The van der Waals surface area contributed by atoms with Crippen molar-refractivity contribution in [2.24, 2.45) is 0 Å². The van der Waals surface area contributed by atoms with Crippen molar-refractivity contribution < 1.29 is 9.90 Å². The van der Waals surface area contributed by atoms with Gasteiger partial charge in [-0.3, -0.25) is 4.79 Å². The molecule has 1 atom stereocenters. The first-order valence-electron chi connectivity index (χ1n) is 8.18. The van der Waals surface area contributed by atoms with E-state index in [0.29, 0.717) is 6.42 Å². The van der Waals surface area contributed by atoms with Gasteiger partial charge in [-0.05, 0) is 53.7 Å². The molecule has 1 aliphatic carbocycles. The van der Waals surface area contributed by atoms with Crippen LogP contribution in [0.3, 0.4) is 0 Å². The van der Waals surface area contributed by atoms with Crippen LogP contribution in [-0.4, -0.2) is 11.1 Å². The molecule has 1 N–H and O–H groups in total. The number of hydrogen-bond acceptors (Lipinski definition) is 1. The third-order valence-corrected chi connectivity index (χ3v) is 5.18. The van der Waals surface area contributed by atoms with E-state index < -0.39 is 11.9 Å².